The van der Waals surface area contributed by atoms with Gasteiger partial charge in [0.25, 0.3) is 0 Å². The van der Waals surface area contributed by atoms with Gasteiger partial charge in [0, 0.05) is 21.7 Å². The minimum Gasteiger partial charge on any atom is -0.327 e. The van der Waals surface area contributed by atoms with Crippen molar-refractivity contribution < 1.29 is 4.21 Å². The van der Waals surface area contributed by atoms with Crippen LogP contribution in [0.5, 0.6) is 0 Å². The Balaban J connectivity index is 2.65. The summed E-state index contributed by atoms with van der Waals surface area (Å²) >= 11 is 5.73. The highest BCUT2D eigenvalue weighted by molar-refractivity contribution is 7.85. The van der Waals surface area contributed by atoms with Crippen molar-refractivity contribution in [2.45, 2.75) is 24.3 Å². The van der Waals surface area contributed by atoms with Crippen LogP contribution in [0.15, 0.2) is 29.2 Å². The fraction of sp³-hybridized carbons (Fsp3) is 0.400. The average Bonchev–Trinajstić information content (AvgIpc) is 2.18. The topological polar surface area (TPSA) is 43.1 Å². The normalized spacial score (nSPS) is 15.1. The number of nitrogens with two attached hydrogens (primary N) is 1. The van der Waals surface area contributed by atoms with Gasteiger partial charge in [0.05, 0.1) is 10.8 Å². The molecule has 14 heavy (non-hydrogen) atoms. The van der Waals surface area contributed by atoms with Crippen molar-refractivity contribution in [3.63, 3.8) is 0 Å². The Bertz CT molecular complexity index is 312. The van der Waals surface area contributed by atoms with E-state index in [0.29, 0.717) is 10.8 Å². The molecule has 2 unspecified atom stereocenters. The lowest BCUT2D eigenvalue weighted by Gasteiger charge is -2.07. The molecule has 2 atom stereocenters. The van der Waals surface area contributed by atoms with Crippen molar-refractivity contribution >= 4 is 22.4 Å². The van der Waals surface area contributed by atoms with Crippen LogP contribution < -0.4 is 5.73 Å². The second-order valence-electron chi connectivity index (χ2n) is 3.13. The molecule has 0 saturated heterocycles. The van der Waals surface area contributed by atoms with E-state index in [9.17, 15) is 4.21 Å². The zero-order valence-corrected chi connectivity index (χ0v) is 9.65. The van der Waals surface area contributed by atoms with Crippen LogP contribution in [0, 0.1) is 0 Å². The van der Waals surface area contributed by atoms with Crippen molar-refractivity contribution in [3.8, 4) is 0 Å². The second kappa shape index (κ2) is 5.49. The average molecular weight is 232 g/mol. The summed E-state index contributed by atoms with van der Waals surface area (Å²) in [6, 6.07) is 7.05. The maximum atomic E-state index is 11.7. The number of halogens is 1. The zero-order valence-electron chi connectivity index (χ0n) is 8.07. The maximum Gasteiger partial charge on any atom is 0.0545 e. The molecule has 1 rings (SSSR count). The standard InChI is InChI=1S/C10H14ClNOS/c1-2-9(12)7-14(13)10-5-3-8(11)4-6-10/h3-6,9H,2,7,12H2,1H3. The number of benzene rings is 1. The van der Waals surface area contributed by atoms with Crippen molar-refractivity contribution in [2.75, 3.05) is 5.75 Å². The van der Waals surface area contributed by atoms with Gasteiger partial charge in [0.1, 0.15) is 0 Å². The highest BCUT2D eigenvalue weighted by Gasteiger charge is 2.08. The summed E-state index contributed by atoms with van der Waals surface area (Å²) < 4.78 is 11.7. The molecule has 0 heterocycles. The van der Waals surface area contributed by atoms with Gasteiger partial charge in [-0.3, -0.25) is 4.21 Å². The second-order valence-corrected chi connectivity index (χ2v) is 5.07. The van der Waals surface area contributed by atoms with E-state index in [-0.39, 0.29) is 6.04 Å². The van der Waals surface area contributed by atoms with Gasteiger partial charge in [-0.2, -0.15) is 0 Å². The molecule has 2 nitrogen and oxygen atoms in total. The van der Waals surface area contributed by atoms with Crippen LogP contribution >= 0.6 is 11.6 Å². The maximum absolute atomic E-state index is 11.7. The Labute approximate surface area is 91.9 Å². The molecule has 0 aliphatic rings. The predicted molar refractivity (Wildman–Crippen MR) is 61.0 cm³/mol. The summed E-state index contributed by atoms with van der Waals surface area (Å²) in [5, 5.41) is 0.658. The monoisotopic (exact) mass is 231 g/mol. The van der Waals surface area contributed by atoms with Crippen molar-refractivity contribution in [1.29, 1.82) is 0 Å². The van der Waals surface area contributed by atoms with Gasteiger partial charge < -0.3 is 5.73 Å². The van der Waals surface area contributed by atoms with Crippen molar-refractivity contribution in [1.82, 2.24) is 0 Å². The first kappa shape index (κ1) is 11.7. The van der Waals surface area contributed by atoms with E-state index < -0.39 is 10.8 Å². The molecule has 0 saturated carbocycles. The lowest BCUT2D eigenvalue weighted by molar-refractivity contribution is 0.663. The van der Waals surface area contributed by atoms with Crippen LogP contribution in [-0.4, -0.2) is 16.0 Å². The third kappa shape index (κ3) is 3.40. The van der Waals surface area contributed by atoms with Gasteiger partial charge in [0.15, 0.2) is 0 Å². The number of rotatable bonds is 4. The van der Waals surface area contributed by atoms with Crippen LogP contribution in [0.4, 0.5) is 0 Å². The fourth-order valence-corrected chi connectivity index (χ4v) is 2.38. The first-order valence-electron chi connectivity index (χ1n) is 4.53. The molecule has 0 bridgehead atoms. The summed E-state index contributed by atoms with van der Waals surface area (Å²) in [4.78, 5) is 0.790. The highest BCUT2D eigenvalue weighted by atomic mass is 35.5. The quantitative estimate of drug-likeness (QED) is 0.863. The van der Waals surface area contributed by atoms with E-state index in [2.05, 4.69) is 0 Å². The molecule has 0 spiro atoms. The third-order valence-electron chi connectivity index (χ3n) is 1.97. The summed E-state index contributed by atoms with van der Waals surface area (Å²) in [7, 11) is -1.01. The van der Waals surface area contributed by atoms with Gasteiger partial charge in [-0.05, 0) is 30.7 Å². The van der Waals surface area contributed by atoms with Crippen LogP contribution in [0.25, 0.3) is 0 Å². The Morgan fingerprint density at radius 3 is 2.50 bits per heavy atom. The minimum atomic E-state index is -1.01. The Kier molecular flexibility index (Phi) is 4.58. The van der Waals surface area contributed by atoms with Crippen molar-refractivity contribution in [3.05, 3.63) is 29.3 Å². The van der Waals surface area contributed by atoms with E-state index >= 15 is 0 Å². The molecule has 4 heteroatoms. The zero-order chi connectivity index (χ0) is 10.6. The molecule has 0 aromatic heterocycles. The SMILES string of the molecule is CCC(N)CS(=O)c1ccc(Cl)cc1. The molecule has 0 amide bonds. The molecule has 0 fully saturated rings. The lowest BCUT2D eigenvalue weighted by Crippen LogP contribution is -2.25. The van der Waals surface area contributed by atoms with Crippen LogP contribution in [0.1, 0.15) is 13.3 Å². The molecule has 1 aromatic rings. The molecule has 78 valence electrons. The van der Waals surface area contributed by atoms with E-state index in [1.165, 1.54) is 0 Å². The summed E-state index contributed by atoms with van der Waals surface area (Å²) in [5.74, 6) is 0.512. The predicted octanol–water partition coefficient (Wildman–Crippen LogP) is 2.18. The third-order valence-corrected chi connectivity index (χ3v) is 3.75. The molecule has 2 N–H and O–H groups in total. The lowest BCUT2D eigenvalue weighted by atomic mass is 10.3. The molecule has 0 aliphatic carbocycles. The first-order valence-corrected chi connectivity index (χ1v) is 6.22. The summed E-state index contributed by atoms with van der Waals surface area (Å²) in [6.45, 7) is 1.99. The molecular formula is C10H14ClNOS. The van der Waals surface area contributed by atoms with Crippen LogP contribution in [0.3, 0.4) is 0 Å². The van der Waals surface area contributed by atoms with Gasteiger partial charge in [-0.15, -0.1) is 0 Å². The van der Waals surface area contributed by atoms with E-state index in [1.54, 1.807) is 24.3 Å². The molecule has 0 radical (unpaired) electrons. The Morgan fingerprint density at radius 2 is 2.00 bits per heavy atom. The first-order chi connectivity index (χ1) is 6.63. The molecule has 0 aliphatic heterocycles. The highest BCUT2D eigenvalue weighted by Crippen LogP contribution is 2.13. The summed E-state index contributed by atoms with van der Waals surface area (Å²) in [5.41, 5.74) is 5.72. The molecule has 1 aromatic carbocycles. The van der Waals surface area contributed by atoms with Gasteiger partial charge >= 0.3 is 0 Å². The molecular weight excluding hydrogens is 218 g/mol. The van der Waals surface area contributed by atoms with E-state index in [1.807, 2.05) is 6.92 Å². The smallest absolute Gasteiger partial charge is 0.0545 e. The van der Waals surface area contributed by atoms with E-state index in [4.69, 9.17) is 17.3 Å². The van der Waals surface area contributed by atoms with E-state index in [0.717, 1.165) is 11.3 Å². The Morgan fingerprint density at radius 1 is 1.43 bits per heavy atom. The van der Waals surface area contributed by atoms with Gasteiger partial charge in [-0.1, -0.05) is 18.5 Å². The Hall–Kier alpha value is -0.380. The number of hydrogen-bond donors (Lipinski definition) is 1. The fourth-order valence-electron chi connectivity index (χ4n) is 0.995. The van der Waals surface area contributed by atoms with Gasteiger partial charge in [0.2, 0.25) is 0 Å². The largest absolute Gasteiger partial charge is 0.327 e. The van der Waals surface area contributed by atoms with Crippen molar-refractivity contribution in [2.24, 2.45) is 5.73 Å². The summed E-state index contributed by atoms with van der Waals surface area (Å²) in [6.07, 6.45) is 0.847. The van der Waals surface area contributed by atoms with Gasteiger partial charge in [-0.25, -0.2) is 0 Å². The number of hydrogen-bond acceptors (Lipinski definition) is 2. The minimum absolute atomic E-state index is 0.00603. The van der Waals surface area contributed by atoms with Crippen LogP contribution in [-0.2, 0) is 10.8 Å². The van der Waals surface area contributed by atoms with Crippen LogP contribution in [0.2, 0.25) is 5.02 Å².